The first kappa shape index (κ1) is 16.8. The maximum Gasteiger partial charge on any atom is 0.387 e. The van der Waals surface area contributed by atoms with E-state index in [0.29, 0.717) is 23.0 Å². The first-order valence-electron chi connectivity index (χ1n) is 7.85. The maximum absolute atomic E-state index is 12.6. The number of hydrogen-bond acceptors (Lipinski definition) is 5. The Hall–Kier alpha value is -2.09. The van der Waals surface area contributed by atoms with Crippen molar-refractivity contribution in [2.75, 3.05) is 26.9 Å². The van der Waals surface area contributed by atoms with Gasteiger partial charge in [0.15, 0.2) is 11.5 Å². The highest BCUT2D eigenvalue weighted by atomic mass is 19.3. The van der Waals surface area contributed by atoms with E-state index in [1.807, 2.05) is 0 Å². The fourth-order valence-electron chi connectivity index (χ4n) is 2.48. The van der Waals surface area contributed by atoms with Crippen LogP contribution >= 0.6 is 0 Å². The summed E-state index contributed by atoms with van der Waals surface area (Å²) in [5.74, 6) is 1.37. The van der Waals surface area contributed by atoms with Crippen molar-refractivity contribution >= 4 is 5.91 Å². The first-order chi connectivity index (χ1) is 11.5. The van der Waals surface area contributed by atoms with Gasteiger partial charge < -0.3 is 24.4 Å². The number of nitrogens with zero attached hydrogens (tertiary/aromatic N) is 1. The molecule has 0 saturated heterocycles. The number of alkyl halides is 2. The lowest BCUT2D eigenvalue weighted by atomic mass is 10.1. The summed E-state index contributed by atoms with van der Waals surface area (Å²) in [4.78, 5) is 13.6. The van der Waals surface area contributed by atoms with Crippen LogP contribution in [-0.4, -0.2) is 44.3 Å². The van der Waals surface area contributed by atoms with Crippen LogP contribution in [0.3, 0.4) is 0 Å². The topological polar surface area (TPSA) is 60.0 Å². The van der Waals surface area contributed by atoms with Crippen molar-refractivity contribution in [1.82, 2.24) is 10.2 Å². The number of likely N-dealkylation sites (N-methyl/N-ethyl adjacent to an activating group) is 1. The summed E-state index contributed by atoms with van der Waals surface area (Å²) < 4.78 is 40.2. The van der Waals surface area contributed by atoms with Crippen molar-refractivity contribution in [1.29, 1.82) is 0 Å². The first-order valence-corrected chi connectivity index (χ1v) is 7.85. The van der Waals surface area contributed by atoms with E-state index in [1.165, 1.54) is 23.8 Å². The average Bonchev–Trinajstić information content (AvgIpc) is 3.24. The van der Waals surface area contributed by atoms with Crippen LogP contribution in [0.4, 0.5) is 8.78 Å². The van der Waals surface area contributed by atoms with E-state index in [-0.39, 0.29) is 31.5 Å². The lowest BCUT2D eigenvalue weighted by Gasteiger charge is -2.20. The minimum Gasteiger partial charge on any atom is -0.454 e. The van der Waals surface area contributed by atoms with E-state index in [4.69, 9.17) is 9.47 Å². The normalized spacial score (nSPS) is 15.7. The van der Waals surface area contributed by atoms with Gasteiger partial charge in [-0.3, -0.25) is 4.79 Å². The van der Waals surface area contributed by atoms with Crippen molar-refractivity contribution in [3.8, 4) is 17.2 Å². The molecular formula is C16H20F2N2O4. The van der Waals surface area contributed by atoms with Crippen molar-refractivity contribution in [2.24, 2.45) is 5.92 Å². The van der Waals surface area contributed by atoms with Gasteiger partial charge in [0.2, 0.25) is 12.7 Å². The van der Waals surface area contributed by atoms with Crippen molar-refractivity contribution < 1.29 is 27.8 Å². The van der Waals surface area contributed by atoms with Crippen molar-refractivity contribution in [2.45, 2.75) is 26.0 Å². The number of halogens is 2. The van der Waals surface area contributed by atoms with Gasteiger partial charge in [-0.25, -0.2) is 0 Å². The minimum atomic E-state index is -2.95. The molecule has 1 heterocycles. The van der Waals surface area contributed by atoms with E-state index in [9.17, 15) is 13.6 Å². The highest BCUT2D eigenvalue weighted by Crippen LogP contribution is 2.39. The van der Waals surface area contributed by atoms with Crippen molar-refractivity contribution in [3.63, 3.8) is 0 Å². The third kappa shape index (κ3) is 4.25. The van der Waals surface area contributed by atoms with Crippen LogP contribution in [0.15, 0.2) is 12.1 Å². The van der Waals surface area contributed by atoms with Gasteiger partial charge >= 0.3 is 6.61 Å². The molecule has 1 aromatic rings. The number of carbonyl (C=O) groups is 1. The van der Waals surface area contributed by atoms with Gasteiger partial charge in [0.25, 0.3) is 0 Å². The minimum absolute atomic E-state index is 0.0140. The lowest BCUT2D eigenvalue weighted by Crippen LogP contribution is -2.36. The lowest BCUT2D eigenvalue weighted by molar-refractivity contribution is -0.129. The molecule has 0 atom stereocenters. The standard InChI is InChI=1S/C16H20F2N2O4/c1-20(15(21)7-19-6-10-2-3-10)8-11-4-13-14(23-9-22-13)5-12(11)24-16(17)18/h4-5,10,16,19H,2-3,6-9H2,1H3. The Labute approximate surface area is 138 Å². The number of amides is 1. The summed E-state index contributed by atoms with van der Waals surface area (Å²) in [5, 5.41) is 3.12. The zero-order valence-corrected chi connectivity index (χ0v) is 13.4. The van der Waals surface area contributed by atoms with E-state index in [0.717, 1.165) is 6.54 Å². The monoisotopic (exact) mass is 342 g/mol. The molecule has 2 aliphatic rings. The highest BCUT2D eigenvalue weighted by molar-refractivity contribution is 5.78. The quantitative estimate of drug-likeness (QED) is 0.783. The van der Waals surface area contributed by atoms with Gasteiger partial charge in [-0.15, -0.1) is 0 Å². The van der Waals surface area contributed by atoms with E-state index in [1.54, 1.807) is 13.1 Å². The molecule has 0 spiro atoms. The Balaban J connectivity index is 1.64. The van der Waals surface area contributed by atoms with Crippen LogP contribution in [0.5, 0.6) is 17.2 Å². The fraction of sp³-hybridized carbons (Fsp3) is 0.562. The number of benzene rings is 1. The zero-order chi connectivity index (χ0) is 17.1. The van der Waals surface area contributed by atoms with Gasteiger partial charge in [-0.2, -0.15) is 8.78 Å². The molecule has 132 valence electrons. The Morgan fingerprint density at radius 2 is 2.08 bits per heavy atom. The molecule has 8 heteroatoms. The summed E-state index contributed by atoms with van der Waals surface area (Å²) in [7, 11) is 1.62. The predicted octanol–water partition coefficient (Wildman–Crippen LogP) is 1.97. The molecular weight excluding hydrogens is 322 g/mol. The number of fused-ring (bicyclic) bond motifs is 1. The van der Waals surface area contributed by atoms with Crippen LogP contribution < -0.4 is 19.5 Å². The smallest absolute Gasteiger partial charge is 0.387 e. The third-order valence-corrected chi connectivity index (χ3v) is 4.01. The van der Waals surface area contributed by atoms with Gasteiger partial charge in [0.05, 0.1) is 6.54 Å². The molecule has 0 unspecified atom stereocenters. The number of rotatable bonds is 8. The second-order valence-corrected chi connectivity index (χ2v) is 6.02. The summed E-state index contributed by atoms with van der Waals surface area (Å²) in [5.41, 5.74) is 0.442. The molecule has 0 aromatic heterocycles. The summed E-state index contributed by atoms with van der Waals surface area (Å²) >= 11 is 0. The van der Waals surface area contributed by atoms with Crippen LogP contribution in [0.2, 0.25) is 0 Å². The van der Waals surface area contributed by atoms with Gasteiger partial charge in [-0.05, 0) is 31.4 Å². The molecule has 1 amide bonds. The number of nitrogens with one attached hydrogen (secondary N) is 1. The van der Waals surface area contributed by atoms with Crippen LogP contribution in [0.1, 0.15) is 18.4 Å². The van der Waals surface area contributed by atoms with Crippen LogP contribution in [0.25, 0.3) is 0 Å². The highest BCUT2D eigenvalue weighted by Gasteiger charge is 2.23. The molecule has 6 nitrogen and oxygen atoms in total. The van der Waals surface area contributed by atoms with Gasteiger partial charge in [-0.1, -0.05) is 0 Å². The van der Waals surface area contributed by atoms with E-state index >= 15 is 0 Å². The van der Waals surface area contributed by atoms with E-state index in [2.05, 4.69) is 10.1 Å². The van der Waals surface area contributed by atoms with Crippen LogP contribution in [0, 0.1) is 5.92 Å². The Bertz CT molecular complexity index is 608. The largest absolute Gasteiger partial charge is 0.454 e. The number of hydrogen-bond donors (Lipinski definition) is 1. The molecule has 1 aliphatic carbocycles. The molecule has 3 rings (SSSR count). The second kappa shape index (κ2) is 7.21. The number of carbonyl (C=O) groups excluding carboxylic acids is 1. The maximum atomic E-state index is 12.6. The SMILES string of the molecule is CN(Cc1cc2c(cc1OC(F)F)OCO2)C(=O)CNCC1CC1. The Kier molecular flexibility index (Phi) is 5.03. The molecule has 1 fully saturated rings. The molecule has 1 saturated carbocycles. The summed E-state index contributed by atoms with van der Waals surface area (Å²) in [6.45, 7) is -1.72. The molecule has 0 radical (unpaired) electrons. The predicted molar refractivity (Wildman–Crippen MR) is 81.3 cm³/mol. The van der Waals surface area contributed by atoms with Crippen LogP contribution in [-0.2, 0) is 11.3 Å². The van der Waals surface area contributed by atoms with Crippen molar-refractivity contribution in [3.05, 3.63) is 17.7 Å². The Morgan fingerprint density at radius 1 is 1.38 bits per heavy atom. The Morgan fingerprint density at radius 3 is 2.75 bits per heavy atom. The second-order valence-electron chi connectivity index (χ2n) is 6.02. The average molecular weight is 342 g/mol. The van der Waals surface area contributed by atoms with E-state index < -0.39 is 6.61 Å². The third-order valence-electron chi connectivity index (χ3n) is 4.01. The molecule has 1 aromatic carbocycles. The zero-order valence-electron chi connectivity index (χ0n) is 13.4. The molecule has 1 aliphatic heterocycles. The molecule has 24 heavy (non-hydrogen) atoms. The summed E-state index contributed by atoms with van der Waals surface area (Å²) in [6.07, 6.45) is 2.42. The molecule has 1 N–H and O–H groups in total. The number of ether oxygens (including phenoxy) is 3. The fourth-order valence-corrected chi connectivity index (χ4v) is 2.48. The van der Waals surface area contributed by atoms with Gasteiger partial charge in [0, 0.05) is 25.2 Å². The molecule has 0 bridgehead atoms. The van der Waals surface area contributed by atoms with Gasteiger partial charge in [0.1, 0.15) is 5.75 Å². The summed E-state index contributed by atoms with van der Waals surface area (Å²) in [6, 6.07) is 2.94.